The fourth-order valence-electron chi connectivity index (χ4n) is 1.59. The summed E-state index contributed by atoms with van der Waals surface area (Å²) in [6, 6.07) is 7.21. The number of nitrogens with zero attached hydrogens (tertiary/aromatic N) is 3. The Kier molecular flexibility index (Phi) is 3.06. The van der Waals surface area contributed by atoms with Gasteiger partial charge in [-0.3, -0.25) is 4.79 Å². The number of aromatic amines is 1. The normalized spacial score (nSPS) is 10.9. The van der Waals surface area contributed by atoms with E-state index in [9.17, 15) is 9.90 Å². The summed E-state index contributed by atoms with van der Waals surface area (Å²) < 4.78 is 0. The van der Waals surface area contributed by atoms with E-state index in [-0.39, 0.29) is 18.0 Å². The number of carbonyl (C=O) groups is 1. The zero-order chi connectivity index (χ0) is 13.1. The van der Waals surface area contributed by atoms with Crippen molar-refractivity contribution in [2.75, 3.05) is 0 Å². The fraction of sp³-hybridized carbons (Fsp3) is 0.167. The summed E-state index contributed by atoms with van der Waals surface area (Å²) >= 11 is 0. The maximum atomic E-state index is 11.1. The number of carbonyl (C=O) groups excluding carboxylic acids is 1. The second-order valence-corrected chi connectivity index (χ2v) is 3.80. The van der Waals surface area contributed by atoms with E-state index in [4.69, 9.17) is 5.26 Å². The number of hydrogen-bond donors (Lipinski definition) is 2. The van der Waals surface area contributed by atoms with E-state index in [1.54, 1.807) is 12.1 Å². The highest BCUT2D eigenvalue weighted by molar-refractivity contribution is 5.94. The van der Waals surface area contributed by atoms with Crippen LogP contribution in [0.15, 0.2) is 28.4 Å². The Morgan fingerprint density at radius 3 is 3.06 bits per heavy atom. The lowest BCUT2D eigenvalue weighted by Crippen LogP contribution is -1.87. The number of hydrogen-bond acceptors (Lipinski definition) is 4. The number of aromatic nitrogens is 1. The molecule has 1 aromatic carbocycles. The number of aromatic hydroxyl groups is 1. The minimum atomic E-state index is -0.640. The predicted molar refractivity (Wildman–Crippen MR) is 64.5 cm³/mol. The van der Waals surface area contributed by atoms with Crippen LogP contribution in [0.4, 0.5) is 5.69 Å². The zero-order valence-corrected chi connectivity index (χ0v) is 9.64. The average molecular weight is 242 g/mol. The van der Waals surface area contributed by atoms with Crippen LogP contribution >= 0.6 is 0 Å². The molecule has 0 aliphatic heterocycles. The van der Waals surface area contributed by atoms with E-state index in [0.29, 0.717) is 10.9 Å². The van der Waals surface area contributed by atoms with Crippen molar-refractivity contribution >= 4 is 22.5 Å². The third kappa shape index (κ3) is 2.20. The van der Waals surface area contributed by atoms with Crippen LogP contribution in [0.2, 0.25) is 0 Å². The first-order valence-corrected chi connectivity index (χ1v) is 5.24. The minimum Gasteiger partial charge on any atom is -0.493 e. The van der Waals surface area contributed by atoms with Crippen molar-refractivity contribution in [1.29, 1.82) is 5.26 Å². The van der Waals surface area contributed by atoms with Gasteiger partial charge in [0.05, 0.1) is 11.6 Å². The monoisotopic (exact) mass is 242 g/mol. The Morgan fingerprint density at radius 1 is 1.56 bits per heavy atom. The standard InChI is InChI=1S/C12H10N4O2/c1-7-2-3-9-8(6-7)11(12(18)14-9)16-15-10(17)4-5-13/h2-3,6,14,18H,4H2,1H3. The van der Waals surface area contributed by atoms with Gasteiger partial charge in [-0.05, 0) is 19.1 Å². The van der Waals surface area contributed by atoms with Gasteiger partial charge < -0.3 is 10.1 Å². The molecular formula is C12H10N4O2. The topological polar surface area (TPSA) is 102 Å². The molecule has 2 N–H and O–H groups in total. The minimum absolute atomic E-state index is 0.149. The van der Waals surface area contributed by atoms with Crippen molar-refractivity contribution in [2.24, 2.45) is 10.2 Å². The maximum absolute atomic E-state index is 11.1. The van der Waals surface area contributed by atoms with Crippen molar-refractivity contribution in [2.45, 2.75) is 13.3 Å². The second kappa shape index (κ2) is 4.67. The molecule has 1 aromatic heterocycles. The van der Waals surface area contributed by atoms with Gasteiger partial charge in [0.25, 0.3) is 5.91 Å². The fourth-order valence-corrected chi connectivity index (χ4v) is 1.59. The van der Waals surface area contributed by atoms with Crippen LogP contribution in [-0.4, -0.2) is 16.0 Å². The molecule has 6 nitrogen and oxygen atoms in total. The van der Waals surface area contributed by atoms with Gasteiger partial charge in [-0.1, -0.05) is 11.6 Å². The highest BCUT2D eigenvalue weighted by atomic mass is 16.3. The third-order valence-corrected chi connectivity index (χ3v) is 2.40. The van der Waals surface area contributed by atoms with Gasteiger partial charge in [-0.15, -0.1) is 10.2 Å². The molecule has 18 heavy (non-hydrogen) atoms. The van der Waals surface area contributed by atoms with Crippen LogP contribution in [0.5, 0.6) is 5.88 Å². The molecule has 0 bridgehead atoms. The molecule has 6 heteroatoms. The molecule has 2 rings (SSSR count). The quantitative estimate of drug-likeness (QED) is 0.791. The molecule has 0 spiro atoms. The second-order valence-electron chi connectivity index (χ2n) is 3.80. The zero-order valence-electron chi connectivity index (χ0n) is 9.64. The molecule has 2 aromatic rings. The molecule has 90 valence electrons. The van der Waals surface area contributed by atoms with Gasteiger partial charge >= 0.3 is 0 Å². The summed E-state index contributed by atoms with van der Waals surface area (Å²) in [6.45, 7) is 1.91. The summed E-state index contributed by atoms with van der Waals surface area (Å²) in [4.78, 5) is 13.8. The molecule has 1 amide bonds. The van der Waals surface area contributed by atoms with Crippen LogP contribution < -0.4 is 0 Å². The highest BCUT2D eigenvalue weighted by Crippen LogP contribution is 2.35. The summed E-state index contributed by atoms with van der Waals surface area (Å²) in [6.07, 6.45) is -0.328. The number of rotatable bonds is 2. The van der Waals surface area contributed by atoms with Gasteiger partial charge in [0, 0.05) is 5.39 Å². The molecule has 0 fully saturated rings. The van der Waals surface area contributed by atoms with E-state index in [2.05, 4.69) is 15.2 Å². The molecule has 0 atom stereocenters. The van der Waals surface area contributed by atoms with E-state index in [1.165, 1.54) is 0 Å². The lowest BCUT2D eigenvalue weighted by molar-refractivity contribution is -0.117. The molecule has 0 saturated heterocycles. The van der Waals surface area contributed by atoms with Crippen LogP contribution in [0.25, 0.3) is 10.9 Å². The molecular weight excluding hydrogens is 232 g/mol. The van der Waals surface area contributed by atoms with Gasteiger partial charge in [0.2, 0.25) is 5.88 Å². The summed E-state index contributed by atoms with van der Waals surface area (Å²) in [7, 11) is 0. The van der Waals surface area contributed by atoms with E-state index < -0.39 is 5.91 Å². The smallest absolute Gasteiger partial charge is 0.278 e. The van der Waals surface area contributed by atoms with Gasteiger partial charge in [-0.2, -0.15) is 5.26 Å². The number of nitriles is 1. The number of nitrogens with one attached hydrogen (secondary N) is 1. The molecule has 1 heterocycles. The van der Waals surface area contributed by atoms with E-state index in [0.717, 1.165) is 5.56 Å². The van der Waals surface area contributed by atoms with Gasteiger partial charge in [0.1, 0.15) is 6.42 Å². The summed E-state index contributed by atoms with van der Waals surface area (Å²) in [5, 5.41) is 25.8. The van der Waals surface area contributed by atoms with Crippen LogP contribution in [0, 0.1) is 18.3 Å². The Bertz CT molecular complexity index is 679. The predicted octanol–water partition coefficient (Wildman–Crippen LogP) is 2.71. The first-order chi connectivity index (χ1) is 8.61. The summed E-state index contributed by atoms with van der Waals surface area (Å²) in [5.41, 5.74) is 1.92. The van der Waals surface area contributed by atoms with Crippen molar-refractivity contribution in [1.82, 2.24) is 4.98 Å². The number of fused-ring (bicyclic) bond motifs is 1. The maximum Gasteiger partial charge on any atom is 0.278 e. The Labute approximate surface area is 103 Å². The number of aryl methyl sites for hydroxylation is 1. The third-order valence-electron chi connectivity index (χ3n) is 2.40. The van der Waals surface area contributed by atoms with Crippen LogP contribution in [0.1, 0.15) is 12.0 Å². The van der Waals surface area contributed by atoms with Crippen molar-refractivity contribution in [3.63, 3.8) is 0 Å². The molecule has 0 aliphatic rings. The number of benzene rings is 1. The first-order valence-electron chi connectivity index (χ1n) is 5.24. The highest BCUT2D eigenvalue weighted by Gasteiger charge is 2.10. The number of amides is 1. The summed E-state index contributed by atoms with van der Waals surface area (Å²) in [5.74, 6) is -0.789. The largest absolute Gasteiger partial charge is 0.493 e. The van der Waals surface area contributed by atoms with Crippen molar-refractivity contribution < 1.29 is 9.90 Å². The first kappa shape index (κ1) is 11.8. The Morgan fingerprint density at radius 2 is 2.33 bits per heavy atom. The van der Waals surface area contributed by atoms with E-state index in [1.807, 2.05) is 19.1 Å². The molecule has 0 saturated carbocycles. The molecule has 0 radical (unpaired) electrons. The van der Waals surface area contributed by atoms with Crippen LogP contribution in [-0.2, 0) is 4.79 Å². The Balaban J connectivity index is 2.44. The van der Waals surface area contributed by atoms with E-state index >= 15 is 0 Å². The van der Waals surface area contributed by atoms with Gasteiger partial charge in [-0.25, -0.2) is 0 Å². The molecule has 0 unspecified atom stereocenters. The SMILES string of the molecule is Cc1ccc2[nH]c(O)c(N=NC(=O)CC#N)c2c1. The van der Waals surface area contributed by atoms with Crippen LogP contribution in [0.3, 0.4) is 0 Å². The van der Waals surface area contributed by atoms with Crippen molar-refractivity contribution in [3.05, 3.63) is 23.8 Å². The Hall–Kier alpha value is -2.68. The number of H-pyrrole nitrogens is 1. The van der Waals surface area contributed by atoms with Gasteiger partial charge in [0.15, 0.2) is 5.69 Å². The number of azo groups is 1. The lowest BCUT2D eigenvalue weighted by atomic mass is 10.2. The molecule has 0 aliphatic carbocycles. The van der Waals surface area contributed by atoms with Crippen molar-refractivity contribution in [3.8, 4) is 11.9 Å². The average Bonchev–Trinajstić information content (AvgIpc) is 2.62. The lowest BCUT2D eigenvalue weighted by Gasteiger charge is -1.93.